The second-order valence-corrected chi connectivity index (χ2v) is 6.57. The number of nitrogens with one attached hydrogen (secondary N) is 1. The Morgan fingerprint density at radius 1 is 1.21 bits per heavy atom. The Balaban J connectivity index is 1.79. The zero-order chi connectivity index (χ0) is 17.5. The molecule has 132 valence electrons. The third kappa shape index (κ3) is 5.25. The number of hydrogen-bond donors (Lipinski definition) is 1. The van der Waals surface area contributed by atoms with E-state index in [1.807, 2.05) is 49.9 Å². The lowest BCUT2D eigenvalue weighted by Crippen LogP contribution is -2.47. The van der Waals surface area contributed by atoms with Gasteiger partial charge in [-0.25, -0.2) is 0 Å². The van der Waals surface area contributed by atoms with Crippen LogP contribution in [0.1, 0.15) is 39.2 Å². The standard InChI is InChI=1S/C19H28N2O3/c1-4-24-17-7-5-15(6-8-17)13-18(22)21-11-9-16(10-12-21)20-19(23)14(2)3/h5-8,14,16H,4,9-13H2,1-3H3,(H,20,23). The van der Waals surface area contributed by atoms with Gasteiger partial charge in [0.1, 0.15) is 5.75 Å². The summed E-state index contributed by atoms with van der Waals surface area (Å²) >= 11 is 0. The molecule has 0 aliphatic carbocycles. The molecule has 1 aliphatic rings. The number of carbonyl (C=O) groups is 2. The lowest BCUT2D eigenvalue weighted by atomic mass is 10.0. The molecule has 0 atom stereocenters. The summed E-state index contributed by atoms with van der Waals surface area (Å²) in [6.45, 7) is 7.79. The van der Waals surface area contributed by atoms with Crippen molar-refractivity contribution in [2.45, 2.75) is 46.1 Å². The second kappa shape index (κ2) is 8.71. The summed E-state index contributed by atoms with van der Waals surface area (Å²) in [6.07, 6.45) is 2.07. The van der Waals surface area contributed by atoms with E-state index in [0.29, 0.717) is 26.1 Å². The third-order valence-corrected chi connectivity index (χ3v) is 4.31. The minimum atomic E-state index is 0.00400. The first-order valence-corrected chi connectivity index (χ1v) is 8.79. The number of piperidine rings is 1. The average Bonchev–Trinajstić information content (AvgIpc) is 2.57. The Labute approximate surface area is 144 Å². The van der Waals surface area contributed by atoms with Crippen LogP contribution in [0.5, 0.6) is 5.75 Å². The smallest absolute Gasteiger partial charge is 0.226 e. The fraction of sp³-hybridized carbons (Fsp3) is 0.579. The molecule has 5 nitrogen and oxygen atoms in total. The minimum absolute atomic E-state index is 0.00400. The van der Waals surface area contributed by atoms with Crippen molar-refractivity contribution < 1.29 is 14.3 Å². The maximum atomic E-state index is 12.4. The van der Waals surface area contributed by atoms with Gasteiger partial charge in [-0.3, -0.25) is 9.59 Å². The van der Waals surface area contributed by atoms with Gasteiger partial charge in [-0.15, -0.1) is 0 Å². The number of hydrogen-bond acceptors (Lipinski definition) is 3. The van der Waals surface area contributed by atoms with E-state index < -0.39 is 0 Å². The Hall–Kier alpha value is -2.04. The van der Waals surface area contributed by atoms with Crippen LogP contribution in [0.25, 0.3) is 0 Å². The highest BCUT2D eigenvalue weighted by Crippen LogP contribution is 2.16. The molecule has 1 fully saturated rings. The molecule has 5 heteroatoms. The van der Waals surface area contributed by atoms with Crippen molar-refractivity contribution in [3.63, 3.8) is 0 Å². The third-order valence-electron chi connectivity index (χ3n) is 4.31. The van der Waals surface area contributed by atoms with Crippen molar-refractivity contribution in [1.29, 1.82) is 0 Å². The largest absolute Gasteiger partial charge is 0.494 e. The predicted octanol–water partition coefficient (Wildman–Crippen LogP) is 2.39. The fourth-order valence-corrected chi connectivity index (χ4v) is 2.80. The molecule has 2 amide bonds. The fourth-order valence-electron chi connectivity index (χ4n) is 2.80. The number of amides is 2. The summed E-state index contributed by atoms with van der Waals surface area (Å²) in [4.78, 5) is 26.1. The van der Waals surface area contributed by atoms with Gasteiger partial charge in [-0.2, -0.15) is 0 Å². The highest BCUT2D eigenvalue weighted by molar-refractivity contribution is 5.79. The normalized spacial score (nSPS) is 15.4. The van der Waals surface area contributed by atoms with Gasteiger partial charge in [0, 0.05) is 25.0 Å². The molecule has 0 spiro atoms. The summed E-state index contributed by atoms with van der Waals surface area (Å²) in [5.41, 5.74) is 0.999. The molecule has 1 heterocycles. The van der Waals surface area contributed by atoms with E-state index in [1.165, 1.54) is 0 Å². The molecule has 0 saturated carbocycles. The summed E-state index contributed by atoms with van der Waals surface area (Å²) in [6, 6.07) is 7.88. The maximum Gasteiger partial charge on any atom is 0.226 e. The van der Waals surface area contributed by atoms with E-state index in [2.05, 4.69) is 5.32 Å². The topological polar surface area (TPSA) is 58.6 Å². The lowest BCUT2D eigenvalue weighted by molar-refractivity contribution is -0.131. The summed E-state index contributed by atoms with van der Waals surface area (Å²) < 4.78 is 5.41. The second-order valence-electron chi connectivity index (χ2n) is 6.57. The van der Waals surface area contributed by atoms with Crippen LogP contribution in [-0.2, 0) is 16.0 Å². The summed E-state index contributed by atoms with van der Waals surface area (Å²) in [5.74, 6) is 1.07. The molecular weight excluding hydrogens is 304 g/mol. The van der Waals surface area contributed by atoms with E-state index in [9.17, 15) is 9.59 Å². The van der Waals surface area contributed by atoms with Crippen LogP contribution in [0.2, 0.25) is 0 Å². The van der Waals surface area contributed by atoms with Gasteiger partial charge in [0.15, 0.2) is 0 Å². The van der Waals surface area contributed by atoms with Gasteiger partial charge in [-0.05, 0) is 37.5 Å². The van der Waals surface area contributed by atoms with Gasteiger partial charge >= 0.3 is 0 Å². The molecular formula is C19H28N2O3. The molecule has 2 rings (SSSR count). The molecule has 0 unspecified atom stereocenters. The number of benzene rings is 1. The van der Waals surface area contributed by atoms with Crippen LogP contribution in [0.4, 0.5) is 0 Å². The summed E-state index contributed by atoms with van der Waals surface area (Å²) in [7, 11) is 0. The average molecular weight is 332 g/mol. The van der Waals surface area contributed by atoms with Crippen LogP contribution in [-0.4, -0.2) is 42.5 Å². The Kier molecular flexibility index (Phi) is 6.64. The monoisotopic (exact) mass is 332 g/mol. The Morgan fingerprint density at radius 3 is 2.38 bits per heavy atom. The highest BCUT2D eigenvalue weighted by Gasteiger charge is 2.24. The van der Waals surface area contributed by atoms with Crippen molar-refractivity contribution in [3.05, 3.63) is 29.8 Å². The van der Waals surface area contributed by atoms with Crippen molar-refractivity contribution >= 4 is 11.8 Å². The van der Waals surface area contributed by atoms with Gasteiger partial charge in [-0.1, -0.05) is 26.0 Å². The van der Waals surface area contributed by atoms with Crippen LogP contribution >= 0.6 is 0 Å². The quantitative estimate of drug-likeness (QED) is 0.870. The van der Waals surface area contributed by atoms with E-state index in [0.717, 1.165) is 24.2 Å². The van der Waals surface area contributed by atoms with E-state index in [4.69, 9.17) is 4.74 Å². The van der Waals surface area contributed by atoms with E-state index in [-0.39, 0.29) is 23.8 Å². The molecule has 24 heavy (non-hydrogen) atoms. The molecule has 1 aromatic rings. The van der Waals surface area contributed by atoms with Crippen LogP contribution in [0.15, 0.2) is 24.3 Å². The van der Waals surface area contributed by atoms with Crippen LogP contribution in [0.3, 0.4) is 0 Å². The van der Waals surface area contributed by atoms with Crippen LogP contribution in [0, 0.1) is 5.92 Å². The van der Waals surface area contributed by atoms with Crippen molar-refractivity contribution in [1.82, 2.24) is 10.2 Å². The molecule has 1 aromatic carbocycles. The first-order chi connectivity index (χ1) is 11.5. The maximum absolute atomic E-state index is 12.4. The number of nitrogens with zero attached hydrogens (tertiary/aromatic N) is 1. The number of rotatable bonds is 6. The zero-order valence-corrected chi connectivity index (χ0v) is 14.9. The molecule has 0 radical (unpaired) electrons. The minimum Gasteiger partial charge on any atom is -0.494 e. The molecule has 0 bridgehead atoms. The summed E-state index contributed by atoms with van der Waals surface area (Å²) in [5, 5.41) is 3.05. The predicted molar refractivity (Wildman–Crippen MR) is 93.9 cm³/mol. The van der Waals surface area contributed by atoms with Gasteiger partial charge in [0.05, 0.1) is 13.0 Å². The SMILES string of the molecule is CCOc1ccc(CC(=O)N2CCC(NC(=O)C(C)C)CC2)cc1. The molecule has 1 N–H and O–H groups in total. The van der Waals surface area contributed by atoms with Gasteiger partial charge < -0.3 is 15.0 Å². The molecule has 1 saturated heterocycles. The van der Waals surface area contributed by atoms with Gasteiger partial charge in [0.2, 0.25) is 11.8 Å². The first-order valence-electron chi connectivity index (χ1n) is 8.79. The van der Waals surface area contributed by atoms with Crippen molar-refractivity contribution in [2.24, 2.45) is 5.92 Å². The van der Waals surface area contributed by atoms with E-state index >= 15 is 0 Å². The number of ether oxygens (including phenoxy) is 1. The number of carbonyl (C=O) groups excluding carboxylic acids is 2. The van der Waals surface area contributed by atoms with Crippen molar-refractivity contribution in [2.75, 3.05) is 19.7 Å². The van der Waals surface area contributed by atoms with E-state index in [1.54, 1.807) is 0 Å². The highest BCUT2D eigenvalue weighted by atomic mass is 16.5. The van der Waals surface area contributed by atoms with Crippen LogP contribution < -0.4 is 10.1 Å². The van der Waals surface area contributed by atoms with Gasteiger partial charge in [0.25, 0.3) is 0 Å². The molecule has 1 aliphatic heterocycles. The lowest BCUT2D eigenvalue weighted by Gasteiger charge is -2.32. The Bertz CT molecular complexity index is 546. The van der Waals surface area contributed by atoms with Crippen molar-refractivity contribution in [3.8, 4) is 5.75 Å². The molecule has 0 aromatic heterocycles. The number of likely N-dealkylation sites (tertiary alicyclic amines) is 1. The first kappa shape index (κ1) is 18.3. The Morgan fingerprint density at radius 2 is 1.83 bits per heavy atom. The zero-order valence-electron chi connectivity index (χ0n) is 14.9.